The third-order valence-corrected chi connectivity index (χ3v) is 15.1. The molecule has 1 heterocycles. The second-order valence-electron chi connectivity index (χ2n) is 12.5. The quantitative estimate of drug-likeness (QED) is 0.189. The zero-order valence-corrected chi connectivity index (χ0v) is 25.0. The first-order chi connectivity index (χ1) is 17.6. The van der Waals surface area contributed by atoms with Crippen molar-refractivity contribution in [3.8, 4) is 11.3 Å². The molecule has 0 saturated heterocycles. The van der Waals surface area contributed by atoms with Crippen LogP contribution in [0.2, 0.25) is 13.1 Å². The summed E-state index contributed by atoms with van der Waals surface area (Å²) in [5.74, 6) is 0.714. The summed E-state index contributed by atoms with van der Waals surface area (Å²) < 4.78 is 2.34. The third kappa shape index (κ3) is 4.59. The molecule has 0 aliphatic heterocycles. The standard InChI is InChI=1S/C35H44NSi/c1-25-22-29(27-14-10-8-11-15-27)24-33(26(25)2)34-32-19-18-31(23-28(32)20-21-36(34)5)37(6,7)35(3,4)30-16-12-9-13-17-30/h9,12-13,16-24,27H,8,10-11,14-15H2,1-7H3/q+1. The van der Waals surface area contributed by atoms with Crippen LogP contribution < -0.4 is 9.75 Å². The molecular weight excluding hydrogens is 462 g/mol. The van der Waals surface area contributed by atoms with E-state index in [1.807, 2.05) is 0 Å². The maximum atomic E-state index is 2.53. The van der Waals surface area contributed by atoms with Crippen LogP contribution in [-0.2, 0) is 12.1 Å². The molecule has 2 heteroatoms. The molecule has 1 aliphatic carbocycles. The van der Waals surface area contributed by atoms with Gasteiger partial charge in [0.15, 0.2) is 6.20 Å². The second-order valence-corrected chi connectivity index (χ2v) is 17.6. The van der Waals surface area contributed by atoms with Crippen molar-refractivity contribution >= 4 is 24.0 Å². The van der Waals surface area contributed by atoms with Crippen LogP contribution in [0.3, 0.4) is 0 Å². The van der Waals surface area contributed by atoms with Crippen molar-refractivity contribution in [2.75, 3.05) is 0 Å². The minimum absolute atomic E-state index is 0.131. The van der Waals surface area contributed by atoms with Crippen LogP contribution >= 0.6 is 0 Å². The van der Waals surface area contributed by atoms with Crippen molar-refractivity contribution in [2.45, 2.75) is 83.8 Å². The minimum atomic E-state index is -1.83. The summed E-state index contributed by atoms with van der Waals surface area (Å²) in [6.45, 7) is 14.6. The summed E-state index contributed by atoms with van der Waals surface area (Å²) in [4.78, 5) is 0. The average molecular weight is 507 g/mol. The molecule has 3 aromatic carbocycles. The van der Waals surface area contributed by atoms with Gasteiger partial charge in [-0.15, -0.1) is 0 Å². The Morgan fingerprint density at radius 2 is 1.54 bits per heavy atom. The second kappa shape index (κ2) is 9.87. The van der Waals surface area contributed by atoms with Crippen LogP contribution in [0.15, 0.2) is 72.9 Å². The lowest BCUT2D eigenvalue weighted by molar-refractivity contribution is -0.659. The summed E-state index contributed by atoms with van der Waals surface area (Å²) in [6.07, 6.45) is 9.08. The van der Waals surface area contributed by atoms with Crippen molar-refractivity contribution in [1.82, 2.24) is 0 Å². The van der Waals surface area contributed by atoms with Gasteiger partial charge in [-0.3, -0.25) is 0 Å². The van der Waals surface area contributed by atoms with Gasteiger partial charge < -0.3 is 0 Å². The predicted octanol–water partition coefficient (Wildman–Crippen LogP) is 8.43. The minimum Gasteiger partial charge on any atom is -0.200 e. The highest BCUT2D eigenvalue weighted by atomic mass is 28.3. The summed E-state index contributed by atoms with van der Waals surface area (Å²) in [5.41, 5.74) is 8.57. The highest BCUT2D eigenvalue weighted by Crippen LogP contribution is 2.38. The number of rotatable bonds is 5. The first-order valence-electron chi connectivity index (χ1n) is 14.2. The molecule has 0 N–H and O–H groups in total. The molecule has 1 fully saturated rings. The Hall–Kier alpha value is -2.71. The van der Waals surface area contributed by atoms with E-state index in [2.05, 4.69) is 125 Å². The molecule has 5 rings (SSSR count). The molecule has 0 spiro atoms. The molecule has 0 amide bonds. The van der Waals surface area contributed by atoms with E-state index in [4.69, 9.17) is 0 Å². The van der Waals surface area contributed by atoms with Crippen LogP contribution in [0.5, 0.6) is 0 Å². The number of nitrogens with zero attached hydrogens (tertiary/aromatic N) is 1. The van der Waals surface area contributed by atoms with Crippen LogP contribution in [0.25, 0.3) is 22.0 Å². The van der Waals surface area contributed by atoms with Crippen LogP contribution in [0.4, 0.5) is 0 Å². The monoisotopic (exact) mass is 506 g/mol. The van der Waals surface area contributed by atoms with Gasteiger partial charge in [0.05, 0.1) is 19.0 Å². The first kappa shape index (κ1) is 25.9. The van der Waals surface area contributed by atoms with Gasteiger partial charge in [-0.05, 0) is 77.4 Å². The Kier molecular flexibility index (Phi) is 6.91. The number of benzene rings is 3. The largest absolute Gasteiger partial charge is 0.220 e. The highest BCUT2D eigenvalue weighted by molar-refractivity contribution is 6.92. The fourth-order valence-electron chi connectivity index (χ4n) is 6.48. The van der Waals surface area contributed by atoms with Crippen molar-refractivity contribution in [2.24, 2.45) is 7.05 Å². The van der Waals surface area contributed by atoms with Gasteiger partial charge in [0, 0.05) is 6.07 Å². The molecule has 1 saturated carbocycles. The number of pyridine rings is 1. The predicted molar refractivity (Wildman–Crippen MR) is 162 cm³/mol. The fraction of sp³-hybridized carbons (Fsp3) is 0.400. The van der Waals surface area contributed by atoms with Gasteiger partial charge in [-0.25, -0.2) is 4.57 Å². The van der Waals surface area contributed by atoms with E-state index in [1.165, 1.54) is 76.0 Å². The van der Waals surface area contributed by atoms with Crippen LogP contribution in [0.1, 0.15) is 74.1 Å². The first-order valence-corrected chi connectivity index (χ1v) is 17.2. The topological polar surface area (TPSA) is 3.88 Å². The Morgan fingerprint density at radius 1 is 0.838 bits per heavy atom. The van der Waals surface area contributed by atoms with Crippen LogP contribution in [0, 0.1) is 13.8 Å². The van der Waals surface area contributed by atoms with Crippen molar-refractivity contribution in [3.63, 3.8) is 0 Å². The van der Waals surface area contributed by atoms with E-state index < -0.39 is 8.07 Å². The molecule has 37 heavy (non-hydrogen) atoms. The zero-order chi connectivity index (χ0) is 26.4. The molecule has 0 unspecified atom stereocenters. The molecule has 192 valence electrons. The van der Waals surface area contributed by atoms with Gasteiger partial charge in [0.2, 0.25) is 5.69 Å². The number of hydrogen-bond acceptors (Lipinski definition) is 0. The van der Waals surface area contributed by atoms with Gasteiger partial charge >= 0.3 is 0 Å². The van der Waals surface area contributed by atoms with Gasteiger partial charge in [-0.2, -0.15) is 0 Å². The van der Waals surface area contributed by atoms with Gasteiger partial charge in [-0.1, -0.05) is 99.9 Å². The molecule has 0 radical (unpaired) electrons. The van der Waals surface area contributed by atoms with Gasteiger partial charge in [0.25, 0.3) is 0 Å². The fourth-order valence-corrected chi connectivity index (χ4v) is 9.10. The molecular formula is C35H44NSi+. The number of aromatic nitrogens is 1. The molecule has 0 bridgehead atoms. The number of hydrogen-bond donors (Lipinski definition) is 0. The lowest BCUT2D eigenvalue weighted by Gasteiger charge is -2.41. The van der Waals surface area contributed by atoms with Crippen molar-refractivity contribution < 1.29 is 4.57 Å². The normalized spacial score (nSPS) is 15.3. The maximum Gasteiger partial charge on any atom is 0.220 e. The Labute approximate surface area is 225 Å². The third-order valence-electron chi connectivity index (χ3n) is 9.94. The lowest BCUT2D eigenvalue weighted by atomic mass is 9.81. The molecule has 1 aromatic heterocycles. The van der Waals surface area contributed by atoms with Crippen molar-refractivity contribution in [3.05, 3.63) is 95.2 Å². The number of fused-ring (bicyclic) bond motifs is 1. The maximum absolute atomic E-state index is 2.53. The van der Waals surface area contributed by atoms with E-state index in [-0.39, 0.29) is 5.04 Å². The SMILES string of the molecule is Cc1cc(C2CCCCC2)cc(-c2c3ccc([Si](C)(C)C(C)(C)c4ccccc4)cc3cc[n+]2C)c1C. The van der Waals surface area contributed by atoms with E-state index in [9.17, 15) is 0 Å². The van der Waals surface area contributed by atoms with E-state index in [0.717, 1.165) is 0 Å². The van der Waals surface area contributed by atoms with Gasteiger partial charge in [0.1, 0.15) is 7.05 Å². The summed E-state index contributed by atoms with van der Waals surface area (Å²) in [5, 5.41) is 4.37. The van der Waals surface area contributed by atoms with E-state index in [0.29, 0.717) is 5.92 Å². The Bertz CT molecular complexity index is 1430. The lowest BCUT2D eigenvalue weighted by Crippen LogP contribution is -2.57. The summed E-state index contributed by atoms with van der Waals surface area (Å²) in [6, 6.07) is 25.8. The smallest absolute Gasteiger partial charge is 0.200 e. The molecule has 1 aliphatic rings. The highest BCUT2D eigenvalue weighted by Gasteiger charge is 2.42. The van der Waals surface area contributed by atoms with Crippen molar-refractivity contribution in [1.29, 1.82) is 0 Å². The Balaban J connectivity index is 1.63. The van der Waals surface area contributed by atoms with E-state index >= 15 is 0 Å². The zero-order valence-electron chi connectivity index (χ0n) is 24.0. The average Bonchev–Trinajstić information content (AvgIpc) is 2.91. The summed E-state index contributed by atoms with van der Waals surface area (Å²) >= 11 is 0. The Morgan fingerprint density at radius 3 is 2.24 bits per heavy atom. The van der Waals surface area contributed by atoms with Crippen LogP contribution in [-0.4, -0.2) is 8.07 Å². The summed E-state index contributed by atoms with van der Waals surface area (Å²) in [7, 11) is 0.377. The number of aryl methyl sites for hydroxylation is 2. The van der Waals surface area contributed by atoms with E-state index in [1.54, 1.807) is 5.56 Å². The molecule has 4 aromatic rings. The molecule has 1 nitrogen and oxygen atoms in total. The molecule has 0 atom stereocenters.